The molecule has 0 atom stereocenters. The summed E-state index contributed by atoms with van der Waals surface area (Å²) in [4.78, 5) is 12.3. The maximum absolute atomic E-state index is 12.5. The van der Waals surface area contributed by atoms with Gasteiger partial charge in [0.2, 0.25) is 0 Å². The molecule has 7 heteroatoms. The van der Waals surface area contributed by atoms with E-state index in [1.54, 1.807) is 6.92 Å². The minimum atomic E-state index is -3.95. The predicted molar refractivity (Wildman–Crippen MR) is 83.6 cm³/mol. The Balaban J connectivity index is 2.40. The van der Waals surface area contributed by atoms with Crippen LogP contribution in [0.3, 0.4) is 0 Å². The first kappa shape index (κ1) is 16.6. The van der Waals surface area contributed by atoms with Gasteiger partial charge in [0.1, 0.15) is 0 Å². The van der Waals surface area contributed by atoms with Gasteiger partial charge in [0.05, 0.1) is 4.90 Å². The molecule has 1 aliphatic rings. The second-order valence-corrected chi connectivity index (χ2v) is 8.43. The quantitative estimate of drug-likeness (QED) is 0.844. The summed E-state index contributed by atoms with van der Waals surface area (Å²) in [5.74, 6) is -0.307. The third-order valence-electron chi connectivity index (χ3n) is 4.20. The van der Waals surface area contributed by atoms with E-state index < -0.39 is 9.05 Å². The fourth-order valence-electron chi connectivity index (χ4n) is 2.62. The number of carbonyl (C=O) groups excluding carboxylic acids is 1. The molecule has 0 unspecified atom stereocenters. The topological polar surface area (TPSA) is 63.2 Å². The van der Waals surface area contributed by atoms with Crippen LogP contribution in [-0.4, -0.2) is 19.9 Å². The number of hydrogen-bond acceptors (Lipinski definition) is 3. The first-order valence-corrected chi connectivity index (χ1v) is 9.44. The van der Waals surface area contributed by atoms with Gasteiger partial charge in [-0.1, -0.05) is 18.5 Å². The Bertz CT molecular complexity index is 676. The normalized spacial score (nSPS) is 17.1. The molecule has 4 nitrogen and oxygen atoms in total. The van der Waals surface area contributed by atoms with E-state index in [1.807, 2.05) is 6.92 Å². The number of halogens is 2. The van der Waals surface area contributed by atoms with Gasteiger partial charge in [-0.2, -0.15) is 0 Å². The number of hydrogen-bond donors (Lipinski definition) is 1. The maximum Gasteiger partial charge on any atom is 0.261 e. The second-order valence-electron chi connectivity index (χ2n) is 5.46. The zero-order valence-corrected chi connectivity index (χ0v) is 14.2. The highest BCUT2D eigenvalue weighted by Gasteiger charge is 2.37. The molecular formula is C14H17Cl2NO3S. The van der Waals surface area contributed by atoms with E-state index in [2.05, 4.69) is 5.32 Å². The Kier molecular flexibility index (Phi) is 4.57. The van der Waals surface area contributed by atoms with Crippen molar-refractivity contribution in [1.82, 2.24) is 5.32 Å². The van der Waals surface area contributed by atoms with Crippen molar-refractivity contribution in [1.29, 1.82) is 0 Å². The molecule has 0 aromatic heterocycles. The molecule has 1 aromatic rings. The molecule has 1 N–H and O–H groups in total. The summed E-state index contributed by atoms with van der Waals surface area (Å²) in [7, 11) is 1.45. The molecular weight excluding hydrogens is 333 g/mol. The second kappa shape index (κ2) is 5.78. The summed E-state index contributed by atoms with van der Waals surface area (Å²) in [6.07, 6.45) is 3.81. The van der Waals surface area contributed by atoms with Crippen molar-refractivity contribution in [3.05, 3.63) is 28.3 Å². The van der Waals surface area contributed by atoms with Crippen LogP contribution in [0.15, 0.2) is 17.0 Å². The summed E-state index contributed by atoms with van der Waals surface area (Å²) in [5.41, 5.74) is 0.394. The van der Waals surface area contributed by atoms with Crippen LogP contribution in [0.2, 0.25) is 5.02 Å². The number of rotatable bonds is 4. The molecule has 0 saturated heterocycles. The third kappa shape index (κ3) is 3.35. The Hall–Kier alpha value is -0.780. The SMILES string of the molecule is CCC1(NC(=O)c2cc(Cl)cc(S(=O)(=O)Cl)c2C)CCC1. The van der Waals surface area contributed by atoms with E-state index >= 15 is 0 Å². The van der Waals surface area contributed by atoms with Crippen molar-refractivity contribution in [2.75, 3.05) is 0 Å². The smallest absolute Gasteiger partial charge is 0.261 e. The Morgan fingerprint density at radius 2 is 2.00 bits per heavy atom. The first-order chi connectivity index (χ1) is 9.68. The van der Waals surface area contributed by atoms with Crippen molar-refractivity contribution in [2.24, 2.45) is 0 Å². The van der Waals surface area contributed by atoms with Crippen molar-refractivity contribution in [3.63, 3.8) is 0 Å². The van der Waals surface area contributed by atoms with Gasteiger partial charge in [-0.15, -0.1) is 0 Å². The van der Waals surface area contributed by atoms with Crippen LogP contribution in [0.4, 0.5) is 0 Å². The first-order valence-electron chi connectivity index (χ1n) is 6.76. The van der Waals surface area contributed by atoms with Crippen LogP contribution in [0.5, 0.6) is 0 Å². The van der Waals surface area contributed by atoms with Crippen LogP contribution in [0.1, 0.15) is 48.5 Å². The van der Waals surface area contributed by atoms with E-state index in [9.17, 15) is 13.2 Å². The van der Waals surface area contributed by atoms with Crippen molar-refractivity contribution < 1.29 is 13.2 Å². The van der Waals surface area contributed by atoms with E-state index in [0.717, 1.165) is 25.7 Å². The lowest BCUT2D eigenvalue weighted by atomic mass is 9.74. The van der Waals surface area contributed by atoms with E-state index in [1.165, 1.54) is 12.1 Å². The van der Waals surface area contributed by atoms with E-state index in [0.29, 0.717) is 5.56 Å². The number of nitrogens with one attached hydrogen (secondary N) is 1. The lowest BCUT2D eigenvalue weighted by Gasteiger charge is -2.42. The average Bonchev–Trinajstić information content (AvgIpc) is 2.34. The van der Waals surface area contributed by atoms with E-state index in [4.69, 9.17) is 22.3 Å². The lowest BCUT2D eigenvalue weighted by Crippen LogP contribution is -2.53. The molecule has 0 radical (unpaired) electrons. The molecule has 0 spiro atoms. The monoisotopic (exact) mass is 349 g/mol. The predicted octanol–water partition coefficient (Wildman–Crippen LogP) is 3.64. The van der Waals surface area contributed by atoms with Crippen molar-refractivity contribution >= 4 is 37.2 Å². The molecule has 1 fully saturated rings. The molecule has 1 aliphatic carbocycles. The molecule has 0 aliphatic heterocycles. The summed E-state index contributed by atoms with van der Waals surface area (Å²) >= 11 is 5.92. The molecule has 2 rings (SSSR count). The summed E-state index contributed by atoms with van der Waals surface area (Å²) < 4.78 is 23.1. The molecule has 1 aromatic carbocycles. The Labute approximate surface area is 134 Å². The van der Waals surface area contributed by atoms with Crippen LogP contribution in [-0.2, 0) is 9.05 Å². The number of amides is 1. The number of benzene rings is 1. The van der Waals surface area contributed by atoms with Gasteiger partial charge in [0, 0.05) is 26.8 Å². The molecule has 21 heavy (non-hydrogen) atoms. The average molecular weight is 350 g/mol. The molecule has 1 saturated carbocycles. The van der Waals surface area contributed by atoms with E-state index in [-0.39, 0.29) is 26.9 Å². The zero-order valence-electron chi connectivity index (χ0n) is 11.9. The highest BCUT2D eigenvalue weighted by molar-refractivity contribution is 8.13. The van der Waals surface area contributed by atoms with Crippen molar-refractivity contribution in [2.45, 2.75) is 50.0 Å². The summed E-state index contributed by atoms with van der Waals surface area (Å²) in [6.45, 7) is 3.58. The van der Waals surface area contributed by atoms with Crippen LogP contribution in [0.25, 0.3) is 0 Å². The van der Waals surface area contributed by atoms with Gasteiger partial charge < -0.3 is 5.32 Å². The van der Waals surface area contributed by atoms with Gasteiger partial charge in [0.25, 0.3) is 15.0 Å². The molecule has 0 heterocycles. The van der Waals surface area contributed by atoms with Gasteiger partial charge in [-0.25, -0.2) is 8.42 Å². The lowest BCUT2D eigenvalue weighted by molar-refractivity contribution is 0.0819. The van der Waals surface area contributed by atoms with Crippen LogP contribution >= 0.6 is 22.3 Å². The highest BCUT2D eigenvalue weighted by Crippen LogP contribution is 2.35. The number of carbonyl (C=O) groups is 1. The zero-order chi connectivity index (χ0) is 15.8. The molecule has 116 valence electrons. The minimum absolute atomic E-state index is 0.124. The fourth-order valence-corrected chi connectivity index (χ4v) is 4.13. The Morgan fingerprint density at radius 3 is 2.43 bits per heavy atom. The summed E-state index contributed by atoms with van der Waals surface area (Å²) in [5, 5.41) is 3.18. The maximum atomic E-state index is 12.5. The van der Waals surface area contributed by atoms with Gasteiger partial charge in [-0.3, -0.25) is 4.79 Å². The van der Waals surface area contributed by atoms with Crippen LogP contribution in [0, 0.1) is 6.92 Å². The fraction of sp³-hybridized carbons (Fsp3) is 0.500. The minimum Gasteiger partial charge on any atom is -0.347 e. The largest absolute Gasteiger partial charge is 0.347 e. The summed E-state index contributed by atoms with van der Waals surface area (Å²) in [6, 6.07) is 2.73. The Morgan fingerprint density at radius 1 is 1.38 bits per heavy atom. The molecule has 0 bridgehead atoms. The van der Waals surface area contributed by atoms with Gasteiger partial charge in [-0.05, 0) is 50.3 Å². The standard InChI is InChI=1S/C14H17Cl2NO3S/c1-3-14(5-4-6-14)17-13(18)11-7-10(15)8-12(9(11)2)21(16,19)20/h7-8H,3-6H2,1-2H3,(H,17,18). The van der Waals surface area contributed by atoms with Gasteiger partial charge in [0.15, 0.2) is 0 Å². The van der Waals surface area contributed by atoms with Crippen molar-refractivity contribution in [3.8, 4) is 0 Å². The third-order valence-corrected chi connectivity index (χ3v) is 5.86. The van der Waals surface area contributed by atoms with Gasteiger partial charge >= 0.3 is 0 Å². The van der Waals surface area contributed by atoms with Crippen LogP contribution < -0.4 is 5.32 Å². The molecule has 1 amide bonds. The highest BCUT2D eigenvalue weighted by atomic mass is 35.7.